The number of fused-ring (bicyclic) bond motifs is 3. The number of terminal acetylenes is 1. The number of hydrogen-bond donors (Lipinski definition) is 0. The van der Waals surface area contributed by atoms with Crippen molar-refractivity contribution in [2.45, 2.75) is 37.0 Å². The minimum atomic E-state index is -0.228. The van der Waals surface area contributed by atoms with Crippen molar-refractivity contribution >= 4 is 5.69 Å². The Kier molecular flexibility index (Phi) is 3.74. The van der Waals surface area contributed by atoms with Crippen LogP contribution in [0.5, 0.6) is 5.75 Å². The summed E-state index contributed by atoms with van der Waals surface area (Å²) in [7, 11) is 3.78. The number of likely N-dealkylation sites (N-methyl/N-ethyl adjacent to an activating group) is 1. The summed E-state index contributed by atoms with van der Waals surface area (Å²) in [4.78, 5) is 2.24. The van der Waals surface area contributed by atoms with Crippen LogP contribution >= 0.6 is 0 Å². The molecular weight excluding hydrogens is 310 g/mol. The van der Waals surface area contributed by atoms with E-state index in [0.29, 0.717) is 0 Å². The lowest BCUT2D eigenvalue weighted by molar-refractivity contribution is 0.0416. The topological polar surface area (TPSA) is 21.7 Å². The second-order valence-corrected chi connectivity index (χ2v) is 7.04. The molecule has 0 radical (unpaired) electrons. The van der Waals surface area contributed by atoms with Gasteiger partial charge in [-0.25, -0.2) is 0 Å². The standard InChI is InChI=1S/C22H23NO2/c1-5-18(16-10-12-17(24-4)13-11-16)22-14-15(2)25-21(22)23(3)20-9-7-6-8-19(20)22/h1,6-13,15,18,21H,14H2,2-4H3. The minimum absolute atomic E-state index is 0.0388. The van der Waals surface area contributed by atoms with Crippen molar-refractivity contribution in [1.82, 2.24) is 0 Å². The molecule has 0 aliphatic carbocycles. The lowest BCUT2D eigenvalue weighted by atomic mass is 9.66. The van der Waals surface area contributed by atoms with Crippen molar-refractivity contribution in [3.8, 4) is 18.1 Å². The van der Waals surface area contributed by atoms with Gasteiger partial charge in [0.2, 0.25) is 0 Å². The summed E-state index contributed by atoms with van der Waals surface area (Å²) in [6.45, 7) is 2.14. The highest BCUT2D eigenvalue weighted by Gasteiger charge is 2.60. The van der Waals surface area contributed by atoms with Crippen molar-refractivity contribution in [2.75, 3.05) is 19.1 Å². The van der Waals surface area contributed by atoms with Gasteiger partial charge >= 0.3 is 0 Å². The first-order valence-electron chi connectivity index (χ1n) is 8.69. The molecule has 2 aliphatic rings. The van der Waals surface area contributed by atoms with E-state index in [2.05, 4.69) is 61.2 Å². The van der Waals surface area contributed by atoms with Gasteiger partial charge < -0.3 is 14.4 Å². The van der Waals surface area contributed by atoms with Crippen molar-refractivity contribution in [1.29, 1.82) is 0 Å². The molecule has 0 saturated carbocycles. The SMILES string of the molecule is C#CC(c1ccc(OC)cc1)C12CC(C)OC1N(C)c1ccccc12. The van der Waals surface area contributed by atoms with Gasteiger partial charge in [0, 0.05) is 12.7 Å². The summed E-state index contributed by atoms with van der Waals surface area (Å²) < 4.78 is 11.6. The van der Waals surface area contributed by atoms with E-state index in [4.69, 9.17) is 15.9 Å². The Labute approximate surface area is 149 Å². The van der Waals surface area contributed by atoms with Crippen molar-refractivity contribution in [3.63, 3.8) is 0 Å². The Hall–Kier alpha value is -2.44. The van der Waals surface area contributed by atoms with Crippen molar-refractivity contribution < 1.29 is 9.47 Å². The second kappa shape index (κ2) is 5.82. The Morgan fingerprint density at radius 2 is 1.96 bits per heavy atom. The summed E-state index contributed by atoms with van der Waals surface area (Å²) in [5.41, 5.74) is 3.42. The van der Waals surface area contributed by atoms with Crippen LogP contribution in [0, 0.1) is 12.3 Å². The molecule has 0 bridgehead atoms. The molecule has 2 aromatic rings. The van der Waals surface area contributed by atoms with Crippen LogP contribution in [0.25, 0.3) is 0 Å². The van der Waals surface area contributed by atoms with Crippen LogP contribution in [0.15, 0.2) is 48.5 Å². The van der Waals surface area contributed by atoms with Gasteiger partial charge in [-0.1, -0.05) is 36.3 Å². The fourth-order valence-electron chi connectivity index (χ4n) is 4.70. The quantitative estimate of drug-likeness (QED) is 0.794. The minimum Gasteiger partial charge on any atom is -0.497 e. The number of nitrogens with zero attached hydrogens (tertiary/aromatic N) is 1. The van der Waals surface area contributed by atoms with E-state index in [1.807, 2.05) is 12.1 Å². The smallest absolute Gasteiger partial charge is 0.141 e. The maximum absolute atomic E-state index is 6.34. The van der Waals surface area contributed by atoms with E-state index >= 15 is 0 Å². The first-order chi connectivity index (χ1) is 12.1. The van der Waals surface area contributed by atoms with Gasteiger partial charge in [0.25, 0.3) is 0 Å². The monoisotopic (exact) mass is 333 g/mol. The number of para-hydroxylation sites is 1. The average Bonchev–Trinajstić information content (AvgIpc) is 3.10. The first-order valence-corrected chi connectivity index (χ1v) is 8.69. The zero-order valence-electron chi connectivity index (χ0n) is 14.9. The Morgan fingerprint density at radius 1 is 1.24 bits per heavy atom. The van der Waals surface area contributed by atoms with Gasteiger partial charge in [0.05, 0.1) is 24.5 Å². The maximum atomic E-state index is 6.34. The van der Waals surface area contributed by atoms with Gasteiger partial charge in [-0.3, -0.25) is 0 Å². The van der Waals surface area contributed by atoms with Crippen LogP contribution in [0.3, 0.4) is 0 Å². The molecule has 4 rings (SSSR count). The third kappa shape index (κ3) is 2.18. The van der Waals surface area contributed by atoms with Crippen molar-refractivity contribution in [3.05, 3.63) is 59.7 Å². The van der Waals surface area contributed by atoms with Crippen LogP contribution in [-0.4, -0.2) is 26.5 Å². The fraction of sp³-hybridized carbons (Fsp3) is 0.364. The molecule has 3 nitrogen and oxygen atoms in total. The predicted octanol–water partition coefficient (Wildman–Crippen LogP) is 3.93. The molecule has 25 heavy (non-hydrogen) atoms. The fourth-order valence-corrected chi connectivity index (χ4v) is 4.70. The zero-order chi connectivity index (χ0) is 17.6. The molecule has 0 aromatic heterocycles. The predicted molar refractivity (Wildman–Crippen MR) is 100 cm³/mol. The lowest BCUT2D eigenvalue weighted by Crippen LogP contribution is -2.43. The van der Waals surface area contributed by atoms with Crippen molar-refractivity contribution in [2.24, 2.45) is 0 Å². The van der Waals surface area contributed by atoms with E-state index in [1.165, 1.54) is 11.3 Å². The molecule has 128 valence electrons. The molecule has 0 amide bonds. The molecule has 3 heteroatoms. The van der Waals surface area contributed by atoms with Gasteiger partial charge in [-0.15, -0.1) is 6.42 Å². The van der Waals surface area contributed by atoms with Crippen LogP contribution in [0.4, 0.5) is 5.69 Å². The van der Waals surface area contributed by atoms with E-state index in [0.717, 1.165) is 17.7 Å². The normalized spacial score (nSPS) is 28.2. The zero-order valence-corrected chi connectivity index (χ0v) is 14.9. The summed E-state index contributed by atoms with van der Waals surface area (Å²) in [6.07, 6.45) is 7.15. The second-order valence-electron chi connectivity index (χ2n) is 7.04. The number of benzene rings is 2. The van der Waals surface area contributed by atoms with Gasteiger partial charge in [0.1, 0.15) is 12.0 Å². The van der Waals surface area contributed by atoms with Gasteiger partial charge in [-0.2, -0.15) is 0 Å². The third-order valence-corrected chi connectivity index (χ3v) is 5.70. The molecule has 2 heterocycles. The average molecular weight is 333 g/mol. The van der Waals surface area contributed by atoms with Crippen LogP contribution in [0.2, 0.25) is 0 Å². The molecule has 2 aromatic carbocycles. The Bertz CT molecular complexity index is 823. The highest BCUT2D eigenvalue weighted by atomic mass is 16.5. The molecule has 4 atom stereocenters. The summed E-state index contributed by atoms with van der Waals surface area (Å²) in [6, 6.07) is 16.7. The van der Waals surface area contributed by atoms with E-state index in [1.54, 1.807) is 7.11 Å². The molecular formula is C22H23NO2. The van der Waals surface area contributed by atoms with Crippen LogP contribution in [-0.2, 0) is 10.2 Å². The van der Waals surface area contributed by atoms with Gasteiger partial charge in [0.15, 0.2) is 0 Å². The number of hydrogen-bond acceptors (Lipinski definition) is 3. The molecule has 1 saturated heterocycles. The van der Waals surface area contributed by atoms with Gasteiger partial charge in [-0.05, 0) is 42.7 Å². The Morgan fingerprint density at radius 3 is 2.64 bits per heavy atom. The maximum Gasteiger partial charge on any atom is 0.141 e. The number of rotatable bonds is 3. The number of anilines is 1. The summed E-state index contributed by atoms with van der Waals surface area (Å²) in [5, 5.41) is 0. The van der Waals surface area contributed by atoms with E-state index < -0.39 is 0 Å². The third-order valence-electron chi connectivity index (χ3n) is 5.70. The Balaban J connectivity index is 1.88. The molecule has 1 fully saturated rings. The highest BCUT2D eigenvalue weighted by molar-refractivity contribution is 5.66. The van der Waals surface area contributed by atoms with Crippen LogP contribution in [0.1, 0.15) is 30.4 Å². The van der Waals surface area contributed by atoms with E-state index in [9.17, 15) is 0 Å². The lowest BCUT2D eigenvalue weighted by Gasteiger charge is -2.35. The molecule has 0 N–H and O–H groups in total. The van der Waals surface area contributed by atoms with Crippen LogP contribution < -0.4 is 9.64 Å². The largest absolute Gasteiger partial charge is 0.497 e. The van der Waals surface area contributed by atoms with E-state index in [-0.39, 0.29) is 23.7 Å². The highest BCUT2D eigenvalue weighted by Crippen LogP contribution is 2.58. The number of methoxy groups -OCH3 is 1. The molecule has 0 spiro atoms. The summed E-state index contributed by atoms with van der Waals surface area (Å²) in [5.74, 6) is 3.88. The summed E-state index contributed by atoms with van der Waals surface area (Å²) >= 11 is 0. The number of ether oxygens (including phenoxy) is 2. The molecule has 2 aliphatic heterocycles. The first kappa shape index (κ1) is 16.1. The molecule has 4 unspecified atom stereocenters.